The number of rotatable bonds is 1. The van der Waals surface area contributed by atoms with Gasteiger partial charge in [-0.15, -0.1) is 0 Å². The summed E-state index contributed by atoms with van der Waals surface area (Å²) in [4.78, 5) is 4.33. The molecule has 1 aromatic rings. The smallest absolute Gasteiger partial charge is 0.191 e. The van der Waals surface area contributed by atoms with Crippen molar-refractivity contribution in [3.63, 3.8) is 0 Å². The third-order valence-electron chi connectivity index (χ3n) is 2.35. The Morgan fingerprint density at radius 2 is 2.58 bits per heavy atom. The zero-order chi connectivity index (χ0) is 8.39. The van der Waals surface area contributed by atoms with Gasteiger partial charge in [-0.3, -0.25) is 0 Å². The van der Waals surface area contributed by atoms with E-state index in [-0.39, 0.29) is 0 Å². The van der Waals surface area contributed by atoms with Gasteiger partial charge >= 0.3 is 0 Å². The SMILES string of the molecule is Cc1nc(C2CCCNC2)co1. The summed E-state index contributed by atoms with van der Waals surface area (Å²) in [5.74, 6) is 1.34. The van der Waals surface area contributed by atoms with Gasteiger partial charge in [0.1, 0.15) is 6.26 Å². The Hall–Kier alpha value is -0.830. The number of hydrogen-bond acceptors (Lipinski definition) is 3. The quantitative estimate of drug-likeness (QED) is 0.686. The summed E-state index contributed by atoms with van der Waals surface area (Å²) in [5, 5.41) is 3.36. The second kappa shape index (κ2) is 3.27. The molecule has 1 aliphatic rings. The van der Waals surface area contributed by atoms with Crippen molar-refractivity contribution in [2.24, 2.45) is 0 Å². The van der Waals surface area contributed by atoms with E-state index >= 15 is 0 Å². The molecule has 0 aliphatic carbocycles. The Bertz CT molecular complexity index is 251. The van der Waals surface area contributed by atoms with Crippen molar-refractivity contribution in [2.75, 3.05) is 13.1 Å². The molecule has 1 fully saturated rings. The molecule has 0 aromatic carbocycles. The average Bonchev–Trinajstić information content (AvgIpc) is 2.54. The molecular weight excluding hydrogens is 152 g/mol. The molecule has 12 heavy (non-hydrogen) atoms. The first kappa shape index (κ1) is 7.80. The topological polar surface area (TPSA) is 38.1 Å². The highest BCUT2D eigenvalue weighted by molar-refractivity contribution is 5.05. The van der Waals surface area contributed by atoms with Crippen LogP contribution in [-0.2, 0) is 0 Å². The summed E-state index contributed by atoms with van der Waals surface area (Å²) in [6.07, 6.45) is 4.27. The van der Waals surface area contributed by atoms with Crippen LogP contribution in [0.15, 0.2) is 10.7 Å². The summed E-state index contributed by atoms with van der Waals surface area (Å²) < 4.78 is 5.18. The Balaban J connectivity index is 2.08. The van der Waals surface area contributed by atoms with E-state index in [4.69, 9.17) is 4.42 Å². The lowest BCUT2D eigenvalue weighted by Crippen LogP contribution is -2.28. The minimum absolute atomic E-state index is 0.566. The standard InChI is InChI=1S/C9H14N2O/c1-7-11-9(6-12-7)8-3-2-4-10-5-8/h6,8,10H,2-5H2,1H3. The van der Waals surface area contributed by atoms with Gasteiger partial charge in [0, 0.05) is 19.4 Å². The minimum atomic E-state index is 0.566. The molecule has 1 saturated heterocycles. The van der Waals surface area contributed by atoms with Gasteiger partial charge in [-0.1, -0.05) is 0 Å². The summed E-state index contributed by atoms with van der Waals surface area (Å²) in [6, 6.07) is 0. The third kappa shape index (κ3) is 1.50. The van der Waals surface area contributed by atoms with Crippen molar-refractivity contribution in [1.82, 2.24) is 10.3 Å². The predicted molar refractivity (Wildman–Crippen MR) is 46.1 cm³/mol. The third-order valence-corrected chi connectivity index (χ3v) is 2.35. The Morgan fingerprint density at radius 1 is 1.67 bits per heavy atom. The van der Waals surface area contributed by atoms with E-state index in [0.717, 1.165) is 24.7 Å². The van der Waals surface area contributed by atoms with Crippen molar-refractivity contribution in [2.45, 2.75) is 25.7 Å². The number of piperidine rings is 1. The van der Waals surface area contributed by atoms with Crippen LogP contribution in [0.5, 0.6) is 0 Å². The van der Waals surface area contributed by atoms with Crippen LogP contribution in [0.3, 0.4) is 0 Å². The second-order valence-corrected chi connectivity index (χ2v) is 3.33. The number of hydrogen-bond donors (Lipinski definition) is 1. The van der Waals surface area contributed by atoms with Crippen molar-refractivity contribution < 1.29 is 4.42 Å². The molecule has 1 unspecified atom stereocenters. The Labute approximate surface area is 72.2 Å². The van der Waals surface area contributed by atoms with Crippen molar-refractivity contribution in [3.05, 3.63) is 17.8 Å². The van der Waals surface area contributed by atoms with Gasteiger partial charge < -0.3 is 9.73 Å². The molecule has 0 saturated carbocycles. The summed E-state index contributed by atoms with van der Waals surface area (Å²) >= 11 is 0. The van der Waals surface area contributed by atoms with Gasteiger partial charge in [0.25, 0.3) is 0 Å². The van der Waals surface area contributed by atoms with Crippen LogP contribution >= 0.6 is 0 Å². The largest absolute Gasteiger partial charge is 0.449 e. The van der Waals surface area contributed by atoms with E-state index in [0.29, 0.717) is 5.92 Å². The molecule has 0 spiro atoms. The molecular formula is C9H14N2O. The van der Waals surface area contributed by atoms with Gasteiger partial charge in [0.2, 0.25) is 0 Å². The monoisotopic (exact) mass is 166 g/mol. The highest BCUT2D eigenvalue weighted by atomic mass is 16.3. The van der Waals surface area contributed by atoms with Crippen molar-refractivity contribution in [3.8, 4) is 0 Å². The van der Waals surface area contributed by atoms with Gasteiger partial charge in [0.05, 0.1) is 5.69 Å². The predicted octanol–water partition coefficient (Wildman–Crippen LogP) is 1.45. The zero-order valence-corrected chi connectivity index (χ0v) is 7.34. The van der Waals surface area contributed by atoms with Crippen LogP contribution in [0, 0.1) is 6.92 Å². The average molecular weight is 166 g/mol. The summed E-state index contributed by atoms with van der Waals surface area (Å²) in [5.41, 5.74) is 1.11. The fourth-order valence-corrected chi connectivity index (χ4v) is 1.67. The minimum Gasteiger partial charge on any atom is -0.449 e. The van der Waals surface area contributed by atoms with Crippen LogP contribution < -0.4 is 5.32 Å². The maximum atomic E-state index is 5.18. The molecule has 1 aromatic heterocycles. The highest BCUT2D eigenvalue weighted by Gasteiger charge is 2.17. The molecule has 2 rings (SSSR count). The molecule has 66 valence electrons. The Morgan fingerprint density at radius 3 is 3.17 bits per heavy atom. The lowest BCUT2D eigenvalue weighted by molar-refractivity contribution is 0.452. The number of oxazole rings is 1. The normalized spacial score (nSPS) is 24.2. The van der Waals surface area contributed by atoms with Crippen LogP contribution in [0.1, 0.15) is 30.3 Å². The number of nitrogens with zero attached hydrogens (tertiary/aromatic N) is 1. The Kier molecular flexibility index (Phi) is 2.13. The van der Waals surface area contributed by atoms with Crippen LogP contribution in [-0.4, -0.2) is 18.1 Å². The summed E-state index contributed by atoms with van der Waals surface area (Å²) in [6.45, 7) is 4.08. The maximum absolute atomic E-state index is 5.18. The molecule has 0 bridgehead atoms. The lowest BCUT2D eigenvalue weighted by Gasteiger charge is -2.20. The van der Waals surface area contributed by atoms with Crippen LogP contribution in [0.2, 0.25) is 0 Å². The van der Waals surface area contributed by atoms with E-state index in [9.17, 15) is 0 Å². The molecule has 3 nitrogen and oxygen atoms in total. The van der Waals surface area contributed by atoms with E-state index in [1.54, 1.807) is 6.26 Å². The van der Waals surface area contributed by atoms with Gasteiger partial charge in [-0.25, -0.2) is 4.98 Å². The van der Waals surface area contributed by atoms with Gasteiger partial charge in [0.15, 0.2) is 5.89 Å². The van der Waals surface area contributed by atoms with E-state index in [1.807, 2.05) is 6.92 Å². The van der Waals surface area contributed by atoms with E-state index in [1.165, 1.54) is 12.8 Å². The fraction of sp³-hybridized carbons (Fsp3) is 0.667. The van der Waals surface area contributed by atoms with Crippen LogP contribution in [0.25, 0.3) is 0 Å². The molecule has 3 heteroatoms. The zero-order valence-electron chi connectivity index (χ0n) is 7.34. The first-order valence-electron chi connectivity index (χ1n) is 4.49. The highest BCUT2D eigenvalue weighted by Crippen LogP contribution is 2.21. The molecule has 1 N–H and O–H groups in total. The number of nitrogens with one attached hydrogen (secondary N) is 1. The van der Waals surface area contributed by atoms with Gasteiger partial charge in [-0.2, -0.15) is 0 Å². The molecule has 1 aliphatic heterocycles. The van der Waals surface area contributed by atoms with Crippen molar-refractivity contribution >= 4 is 0 Å². The fourth-order valence-electron chi connectivity index (χ4n) is 1.67. The molecule has 2 heterocycles. The van der Waals surface area contributed by atoms with E-state index < -0.39 is 0 Å². The first-order valence-corrected chi connectivity index (χ1v) is 4.49. The van der Waals surface area contributed by atoms with Crippen LogP contribution in [0.4, 0.5) is 0 Å². The van der Waals surface area contributed by atoms with Gasteiger partial charge in [-0.05, 0) is 19.4 Å². The summed E-state index contributed by atoms with van der Waals surface area (Å²) in [7, 11) is 0. The molecule has 1 atom stereocenters. The molecule has 0 radical (unpaired) electrons. The number of aromatic nitrogens is 1. The lowest BCUT2D eigenvalue weighted by atomic mass is 9.97. The maximum Gasteiger partial charge on any atom is 0.191 e. The first-order chi connectivity index (χ1) is 5.86. The number of aryl methyl sites for hydroxylation is 1. The van der Waals surface area contributed by atoms with E-state index in [2.05, 4.69) is 10.3 Å². The molecule has 0 amide bonds. The van der Waals surface area contributed by atoms with Crippen molar-refractivity contribution in [1.29, 1.82) is 0 Å². The second-order valence-electron chi connectivity index (χ2n) is 3.33.